The minimum Gasteiger partial charge on any atom is -0.492 e. The Kier molecular flexibility index (Phi) is 7.11. The van der Waals surface area contributed by atoms with Gasteiger partial charge in [-0.15, -0.1) is 0 Å². The second-order valence-electron chi connectivity index (χ2n) is 4.58. The largest absolute Gasteiger partial charge is 0.492 e. The zero-order valence-corrected chi connectivity index (χ0v) is 12.5. The lowest BCUT2D eigenvalue weighted by Gasteiger charge is -2.13. The van der Waals surface area contributed by atoms with Crippen LogP contribution in [0.1, 0.15) is 13.8 Å². The number of guanidine groups is 1. The molecule has 0 aliphatic rings. The van der Waals surface area contributed by atoms with Crippen LogP contribution in [0.5, 0.6) is 5.75 Å². The molecule has 0 aromatic heterocycles. The molecule has 19 heavy (non-hydrogen) atoms. The van der Waals surface area contributed by atoms with Gasteiger partial charge in [0.25, 0.3) is 0 Å². The summed E-state index contributed by atoms with van der Waals surface area (Å²) in [5, 5.41) is 7.15. The number of benzene rings is 1. The van der Waals surface area contributed by atoms with Gasteiger partial charge >= 0.3 is 0 Å². The molecule has 0 heterocycles. The molecule has 0 atom stereocenters. The number of hydrogen-bond donors (Lipinski definition) is 2. The maximum atomic E-state index is 5.80. The highest BCUT2D eigenvalue weighted by atomic mass is 35.5. The average molecular weight is 284 g/mol. The smallest absolute Gasteiger partial charge is 0.191 e. The second kappa shape index (κ2) is 8.64. The average Bonchev–Trinajstić information content (AvgIpc) is 2.40. The van der Waals surface area contributed by atoms with Gasteiger partial charge in [-0.1, -0.05) is 25.4 Å². The highest BCUT2D eigenvalue weighted by Crippen LogP contribution is 2.14. The van der Waals surface area contributed by atoms with Crippen LogP contribution >= 0.6 is 11.6 Å². The predicted molar refractivity (Wildman–Crippen MR) is 81.1 cm³/mol. The van der Waals surface area contributed by atoms with Gasteiger partial charge in [-0.3, -0.25) is 4.99 Å². The molecule has 0 aliphatic heterocycles. The fourth-order valence-corrected chi connectivity index (χ4v) is 1.52. The lowest BCUT2D eigenvalue weighted by Crippen LogP contribution is -2.40. The summed E-state index contributed by atoms with van der Waals surface area (Å²) in [5.74, 6) is 2.20. The third-order valence-electron chi connectivity index (χ3n) is 2.38. The first-order valence-electron chi connectivity index (χ1n) is 6.44. The first-order valence-corrected chi connectivity index (χ1v) is 6.82. The fourth-order valence-electron chi connectivity index (χ4n) is 1.39. The summed E-state index contributed by atoms with van der Waals surface area (Å²) in [6.45, 7) is 6.48. The first-order chi connectivity index (χ1) is 9.11. The summed E-state index contributed by atoms with van der Waals surface area (Å²) < 4.78 is 5.58. The molecule has 0 unspecified atom stereocenters. The zero-order valence-electron chi connectivity index (χ0n) is 11.7. The van der Waals surface area contributed by atoms with Gasteiger partial charge in [0.1, 0.15) is 12.4 Å². The molecule has 0 amide bonds. The number of aliphatic imine (C=N–C) groups is 1. The number of ether oxygens (including phenoxy) is 1. The molecule has 5 heteroatoms. The Morgan fingerprint density at radius 3 is 2.53 bits per heavy atom. The number of nitrogens with one attached hydrogen (secondary N) is 2. The fraction of sp³-hybridized carbons (Fsp3) is 0.500. The second-order valence-corrected chi connectivity index (χ2v) is 5.01. The molecule has 1 aromatic carbocycles. The van der Waals surface area contributed by atoms with E-state index in [9.17, 15) is 0 Å². The molecule has 4 nitrogen and oxygen atoms in total. The van der Waals surface area contributed by atoms with E-state index in [0.717, 1.165) is 18.3 Å². The van der Waals surface area contributed by atoms with Crippen molar-refractivity contribution in [1.82, 2.24) is 10.6 Å². The molecule has 0 radical (unpaired) electrons. The molecule has 0 spiro atoms. The van der Waals surface area contributed by atoms with Gasteiger partial charge in [0, 0.05) is 18.6 Å². The Morgan fingerprint density at radius 2 is 1.95 bits per heavy atom. The molecule has 2 N–H and O–H groups in total. The van der Waals surface area contributed by atoms with Gasteiger partial charge in [0.2, 0.25) is 0 Å². The van der Waals surface area contributed by atoms with Crippen LogP contribution in [-0.2, 0) is 0 Å². The van der Waals surface area contributed by atoms with Crippen LogP contribution in [0.3, 0.4) is 0 Å². The molecule has 106 valence electrons. The summed E-state index contributed by atoms with van der Waals surface area (Å²) in [5.41, 5.74) is 0. The van der Waals surface area contributed by atoms with Gasteiger partial charge < -0.3 is 15.4 Å². The van der Waals surface area contributed by atoms with Crippen LogP contribution < -0.4 is 15.4 Å². The summed E-state index contributed by atoms with van der Waals surface area (Å²) in [6, 6.07) is 7.34. The Morgan fingerprint density at radius 1 is 1.26 bits per heavy atom. The lowest BCUT2D eigenvalue weighted by atomic mass is 10.2. The van der Waals surface area contributed by atoms with E-state index in [0.29, 0.717) is 24.1 Å². The minimum atomic E-state index is 0.573. The maximum absolute atomic E-state index is 5.80. The van der Waals surface area contributed by atoms with Crippen molar-refractivity contribution in [2.45, 2.75) is 13.8 Å². The van der Waals surface area contributed by atoms with Crippen LogP contribution in [0.25, 0.3) is 0 Å². The Balaban J connectivity index is 2.20. The summed E-state index contributed by atoms with van der Waals surface area (Å²) in [7, 11) is 1.76. The van der Waals surface area contributed by atoms with Gasteiger partial charge in [-0.05, 0) is 30.2 Å². The third kappa shape index (κ3) is 6.91. The predicted octanol–water partition coefficient (Wildman–Crippen LogP) is 2.54. The van der Waals surface area contributed by atoms with Crippen molar-refractivity contribution in [3.8, 4) is 5.75 Å². The molecule has 0 saturated heterocycles. The molecule has 1 aromatic rings. The summed E-state index contributed by atoms with van der Waals surface area (Å²) in [6.07, 6.45) is 0. The molecule has 0 saturated carbocycles. The Hall–Kier alpha value is -1.42. The quantitative estimate of drug-likeness (QED) is 0.479. The Labute approximate surface area is 120 Å². The minimum absolute atomic E-state index is 0.573. The van der Waals surface area contributed by atoms with E-state index in [2.05, 4.69) is 29.5 Å². The van der Waals surface area contributed by atoms with Crippen LogP contribution in [0, 0.1) is 5.92 Å². The van der Waals surface area contributed by atoms with Crippen molar-refractivity contribution < 1.29 is 4.74 Å². The topological polar surface area (TPSA) is 45.7 Å². The normalized spacial score (nSPS) is 11.5. The van der Waals surface area contributed by atoms with Crippen LogP contribution in [0.15, 0.2) is 29.3 Å². The van der Waals surface area contributed by atoms with Crippen molar-refractivity contribution in [3.63, 3.8) is 0 Å². The summed E-state index contributed by atoms with van der Waals surface area (Å²) in [4.78, 5) is 4.14. The molecule has 0 fully saturated rings. The van der Waals surface area contributed by atoms with E-state index < -0.39 is 0 Å². The van der Waals surface area contributed by atoms with E-state index in [-0.39, 0.29) is 0 Å². The maximum Gasteiger partial charge on any atom is 0.191 e. The van der Waals surface area contributed by atoms with Gasteiger partial charge in [-0.2, -0.15) is 0 Å². The Bertz CT molecular complexity index is 390. The van der Waals surface area contributed by atoms with Crippen molar-refractivity contribution in [3.05, 3.63) is 29.3 Å². The van der Waals surface area contributed by atoms with Gasteiger partial charge in [-0.25, -0.2) is 0 Å². The summed E-state index contributed by atoms with van der Waals surface area (Å²) >= 11 is 5.80. The van der Waals surface area contributed by atoms with E-state index in [4.69, 9.17) is 16.3 Å². The molecule has 0 aliphatic carbocycles. The van der Waals surface area contributed by atoms with E-state index >= 15 is 0 Å². The van der Waals surface area contributed by atoms with Crippen molar-refractivity contribution in [1.29, 1.82) is 0 Å². The van der Waals surface area contributed by atoms with E-state index in [1.165, 1.54) is 0 Å². The first kappa shape index (κ1) is 15.6. The van der Waals surface area contributed by atoms with E-state index in [1.54, 1.807) is 7.05 Å². The van der Waals surface area contributed by atoms with E-state index in [1.807, 2.05) is 24.3 Å². The molecule has 1 rings (SSSR count). The van der Waals surface area contributed by atoms with Gasteiger partial charge in [0.05, 0.1) is 6.54 Å². The zero-order chi connectivity index (χ0) is 14.1. The highest BCUT2D eigenvalue weighted by Gasteiger charge is 1.99. The third-order valence-corrected chi connectivity index (χ3v) is 2.63. The molecule has 0 bridgehead atoms. The highest BCUT2D eigenvalue weighted by molar-refractivity contribution is 6.30. The molecular formula is C14H22ClN3O. The standard InChI is InChI=1S/C14H22ClN3O/c1-11(2)10-18-14(16-3)17-8-9-19-13-6-4-12(15)5-7-13/h4-7,11H,8-10H2,1-3H3,(H2,16,17,18). The van der Waals surface area contributed by atoms with Crippen molar-refractivity contribution in [2.24, 2.45) is 10.9 Å². The van der Waals surface area contributed by atoms with Crippen LogP contribution in [0.4, 0.5) is 0 Å². The van der Waals surface area contributed by atoms with Crippen molar-refractivity contribution in [2.75, 3.05) is 26.7 Å². The van der Waals surface area contributed by atoms with Crippen molar-refractivity contribution >= 4 is 17.6 Å². The van der Waals surface area contributed by atoms with Gasteiger partial charge in [0.15, 0.2) is 5.96 Å². The van der Waals surface area contributed by atoms with Crippen LogP contribution in [-0.4, -0.2) is 32.7 Å². The number of nitrogens with zero attached hydrogens (tertiary/aromatic N) is 1. The SMILES string of the molecule is CN=C(NCCOc1ccc(Cl)cc1)NCC(C)C. The van der Waals surface area contributed by atoms with Crippen LogP contribution in [0.2, 0.25) is 5.02 Å². The monoisotopic (exact) mass is 283 g/mol. The number of hydrogen-bond acceptors (Lipinski definition) is 2. The molecular weight excluding hydrogens is 262 g/mol. The number of halogens is 1. The number of rotatable bonds is 6. The lowest BCUT2D eigenvalue weighted by molar-refractivity contribution is 0.322.